The van der Waals surface area contributed by atoms with Crippen LogP contribution < -0.4 is 4.74 Å². The van der Waals surface area contributed by atoms with E-state index >= 15 is 0 Å². The topological polar surface area (TPSA) is 52.6 Å². The molecule has 5 heteroatoms. The minimum Gasteiger partial charge on any atom is -0.496 e. The van der Waals surface area contributed by atoms with Crippen LogP contribution in [0.15, 0.2) is 16.6 Å². The molecule has 0 saturated heterocycles. The number of methoxy groups -OCH3 is 2. The van der Waals surface area contributed by atoms with Crippen LogP contribution in [0.25, 0.3) is 0 Å². The van der Waals surface area contributed by atoms with Crippen LogP contribution in [0.5, 0.6) is 5.75 Å². The first-order chi connectivity index (χ1) is 12.8. The number of carbonyl (C=O) groups excluding carboxylic acids is 2. The molecule has 1 fully saturated rings. The van der Waals surface area contributed by atoms with Crippen LogP contribution in [0.2, 0.25) is 0 Å². The monoisotopic (exact) mass is 434 g/mol. The predicted molar refractivity (Wildman–Crippen MR) is 109 cm³/mol. The van der Waals surface area contributed by atoms with Gasteiger partial charge in [0.05, 0.1) is 19.6 Å². The fourth-order valence-corrected chi connectivity index (χ4v) is 4.39. The van der Waals surface area contributed by atoms with Gasteiger partial charge in [-0.15, -0.1) is 5.92 Å². The summed E-state index contributed by atoms with van der Waals surface area (Å²) in [7, 11) is 2.98. The van der Waals surface area contributed by atoms with Crippen molar-refractivity contribution in [3.05, 3.63) is 27.7 Å². The summed E-state index contributed by atoms with van der Waals surface area (Å²) in [5, 5.41) is 0. The molecule has 0 bridgehead atoms. The highest BCUT2D eigenvalue weighted by atomic mass is 79.9. The summed E-state index contributed by atoms with van der Waals surface area (Å²) in [6, 6.07) is 3.72. The molecule has 1 aromatic carbocycles. The number of rotatable bonds is 6. The van der Waals surface area contributed by atoms with Gasteiger partial charge < -0.3 is 9.47 Å². The van der Waals surface area contributed by atoms with Crippen LogP contribution in [0.1, 0.15) is 57.1 Å². The lowest BCUT2D eigenvalue weighted by atomic mass is 9.68. The van der Waals surface area contributed by atoms with Crippen LogP contribution in [-0.4, -0.2) is 26.0 Å². The fourth-order valence-electron chi connectivity index (χ4n) is 3.80. The van der Waals surface area contributed by atoms with Crippen molar-refractivity contribution in [1.29, 1.82) is 0 Å². The first-order valence-corrected chi connectivity index (χ1v) is 10.0. The largest absolute Gasteiger partial charge is 0.496 e. The molecule has 2 rings (SSSR count). The van der Waals surface area contributed by atoms with E-state index in [0.717, 1.165) is 28.4 Å². The quantitative estimate of drug-likeness (QED) is 0.480. The molecule has 146 valence electrons. The van der Waals surface area contributed by atoms with Gasteiger partial charge in [-0.2, -0.15) is 0 Å². The third-order valence-electron chi connectivity index (χ3n) is 5.40. The summed E-state index contributed by atoms with van der Waals surface area (Å²) < 4.78 is 11.3. The number of ketones is 1. The Morgan fingerprint density at radius 1 is 1.26 bits per heavy atom. The third-order valence-corrected chi connectivity index (χ3v) is 6.11. The first-order valence-electron chi connectivity index (χ1n) is 9.24. The lowest BCUT2D eigenvalue weighted by molar-refractivity contribution is -0.157. The molecule has 27 heavy (non-hydrogen) atoms. The molecule has 0 heterocycles. The Hall–Kier alpha value is -1.80. The molecule has 1 aliphatic carbocycles. The standard InChI is InChI=1S/C22H27BrO4/c1-5-6-16-11-19(23)18(20(12-16)26-3)13-17(24)14-22(21(25)27-4)9-7-15(2)8-10-22/h11-12,15H,7-10,13-14H2,1-4H3. The zero-order chi connectivity index (χ0) is 20.0. The molecule has 1 saturated carbocycles. The summed E-state index contributed by atoms with van der Waals surface area (Å²) in [6.07, 6.45) is 3.71. The van der Waals surface area contributed by atoms with Crippen molar-refractivity contribution in [2.24, 2.45) is 11.3 Å². The summed E-state index contributed by atoms with van der Waals surface area (Å²) in [6.45, 7) is 3.96. The van der Waals surface area contributed by atoms with Gasteiger partial charge >= 0.3 is 5.97 Å². The summed E-state index contributed by atoms with van der Waals surface area (Å²) in [5.41, 5.74) is 0.921. The molecule has 0 aromatic heterocycles. The van der Waals surface area contributed by atoms with Gasteiger partial charge in [0.2, 0.25) is 0 Å². The molecule has 0 radical (unpaired) electrons. The number of benzene rings is 1. The maximum absolute atomic E-state index is 12.9. The van der Waals surface area contributed by atoms with E-state index in [0.29, 0.717) is 24.5 Å². The van der Waals surface area contributed by atoms with Crippen molar-refractivity contribution in [3.8, 4) is 17.6 Å². The lowest BCUT2D eigenvalue weighted by Gasteiger charge is -2.36. The summed E-state index contributed by atoms with van der Waals surface area (Å²) in [4.78, 5) is 25.4. The predicted octanol–water partition coefficient (Wildman–Crippen LogP) is 4.70. The van der Waals surface area contributed by atoms with Gasteiger partial charge in [-0.05, 0) is 50.7 Å². The summed E-state index contributed by atoms with van der Waals surface area (Å²) >= 11 is 3.53. The SMILES string of the molecule is CC#Cc1cc(Br)c(CC(=O)CC2(C(=O)OC)CCC(C)CC2)c(OC)c1. The highest BCUT2D eigenvalue weighted by molar-refractivity contribution is 9.10. The average molecular weight is 435 g/mol. The minimum absolute atomic E-state index is 0.0169. The van der Waals surface area contributed by atoms with Gasteiger partial charge in [-0.1, -0.05) is 28.8 Å². The van der Waals surface area contributed by atoms with E-state index in [-0.39, 0.29) is 24.6 Å². The van der Waals surface area contributed by atoms with Gasteiger partial charge in [0.1, 0.15) is 11.5 Å². The third kappa shape index (κ3) is 5.13. The minimum atomic E-state index is -0.689. The second kappa shape index (κ2) is 9.41. The molecule has 0 atom stereocenters. The van der Waals surface area contributed by atoms with Gasteiger partial charge in [-0.25, -0.2) is 0 Å². The maximum atomic E-state index is 12.9. The number of halogens is 1. The Morgan fingerprint density at radius 3 is 2.48 bits per heavy atom. The van der Waals surface area contributed by atoms with Crippen LogP contribution >= 0.6 is 15.9 Å². The Kier molecular flexibility index (Phi) is 7.49. The molecule has 0 amide bonds. The number of hydrogen-bond acceptors (Lipinski definition) is 4. The molecule has 1 aromatic rings. The van der Waals surface area contributed by atoms with Crippen molar-refractivity contribution in [2.45, 2.75) is 52.4 Å². The molecule has 0 aliphatic heterocycles. The normalized spacial score (nSPS) is 21.7. The lowest BCUT2D eigenvalue weighted by Crippen LogP contribution is -2.38. The first kappa shape index (κ1) is 21.5. The van der Waals surface area contributed by atoms with Crippen LogP contribution in [0.4, 0.5) is 0 Å². The van der Waals surface area contributed by atoms with Crippen molar-refractivity contribution < 1.29 is 19.1 Å². The smallest absolute Gasteiger partial charge is 0.312 e. The van der Waals surface area contributed by atoms with Gasteiger partial charge in [0.25, 0.3) is 0 Å². The Bertz CT molecular complexity index is 764. The molecule has 1 aliphatic rings. The van der Waals surface area contributed by atoms with E-state index < -0.39 is 5.41 Å². The number of Topliss-reactive ketones (excluding diaryl/α,β-unsaturated/α-hetero) is 1. The Balaban J connectivity index is 2.23. The number of hydrogen-bond donors (Lipinski definition) is 0. The van der Waals surface area contributed by atoms with E-state index in [1.807, 2.05) is 12.1 Å². The Morgan fingerprint density at radius 2 is 1.93 bits per heavy atom. The van der Waals surface area contributed by atoms with E-state index in [9.17, 15) is 9.59 Å². The van der Waals surface area contributed by atoms with Crippen LogP contribution in [-0.2, 0) is 20.7 Å². The van der Waals surface area contributed by atoms with Crippen molar-refractivity contribution in [1.82, 2.24) is 0 Å². The average Bonchev–Trinajstić information content (AvgIpc) is 2.65. The molecular formula is C22H27BrO4. The molecule has 4 nitrogen and oxygen atoms in total. The van der Waals surface area contributed by atoms with Crippen LogP contribution in [0.3, 0.4) is 0 Å². The fraction of sp³-hybridized carbons (Fsp3) is 0.545. The van der Waals surface area contributed by atoms with E-state index in [4.69, 9.17) is 9.47 Å². The number of esters is 1. The zero-order valence-electron chi connectivity index (χ0n) is 16.5. The molecule has 0 spiro atoms. The molecular weight excluding hydrogens is 408 g/mol. The van der Waals surface area contributed by atoms with Crippen LogP contribution in [0, 0.1) is 23.2 Å². The number of ether oxygens (including phenoxy) is 2. The van der Waals surface area contributed by atoms with Gasteiger partial charge in [-0.3, -0.25) is 9.59 Å². The van der Waals surface area contributed by atoms with E-state index in [1.54, 1.807) is 14.0 Å². The number of carbonyl (C=O) groups is 2. The molecule has 0 unspecified atom stereocenters. The second-order valence-corrected chi connectivity index (χ2v) is 8.21. The van der Waals surface area contributed by atoms with Crippen molar-refractivity contribution in [2.75, 3.05) is 14.2 Å². The summed E-state index contributed by atoms with van der Waals surface area (Å²) in [5.74, 6) is 6.82. The van der Waals surface area contributed by atoms with Gasteiger partial charge in [0.15, 0.2) is 0 Å². The zero-order valence-corrected chi connectivity index (χ0v) is 18.1. The Labute approximate surface area is 170 Å². The highest BCUT2D eigenvalue weighted by Crippen LogP contribution is 2.43. The highest BCUT2D eigenvalue weighted by Gasteiger charge is 2.43. The second-order valence-electron chi connectivity index (χ2n) is 7.36. The van der Waals surface area contributed by atoms with Gasteiger partial charge in [0, 0.05) is 28.4 Å². The van der Waals surface area contributed by atoms with E-state index in [1.165, 1.54) is 7.11 Å². The van der Waals surface area contributed by atoms with Crippen molar-refractivity contribution in [3.63, 3.8) is 0 Å². The van der Waals surface area contributed by atoms with E-state index in [2.05, 4.69) is 34.7 Å². The van der Waals surface area contributed by atoms with Crippen molar-refractivity contribution >= 4 is 27.7 Å². The molecule has 0 N–H and O–H groups in total. The maximum Gasteiger partial charge on any atom is 0.312 e.